The first-order chi connectivity index (χ1) is 14.1. The van der Waals surface area contributed by atoms with Gasteiger partial charge in [-0.1, -0.05) is 67.6 Å². The molecular formula is C24H32O5. The average Bonchev–Trinajstić information content (AvgIpc) is 2.76. The fourth-order valence-corrected chi connectivity index (χ4v) is 3.27. The Bertz CT molecular complexity index is 689. The zero-order valence-corrected chi connectivity index (χ0v) is 17.6. The van der Waals surface area contributed by atoms with E-state index in [9.17, 15) is 4.79 Å². The van der Waals surface area contributed by atoms with Crippen LogP contribution in [-0.4, -0.2) is 32.1 Å². The standard InChI is InChI=1S/C24H32O5/c1-4-22(19(2)29-18-27-16-20-11-7-5-8-12-20)23(15-24(25)26-3)28-17-21-13-9-6-10-14-21/h5-14,19,22-23H,4,15-18H2,1-3H3/t19-,22-,23+/m1/s1. The molecule has 0 spiro atoms. The number of hydrogen-bond acceptors (Lipinski definition) is 5. The molecule has 0 bridgehead atoms. The van der Waals surface area contributed by atoms with Crippen LogP contribution < -0.4 is 0 Å². The summed E-state index contributed by atoms with van der Waals surface area (Å²) >= 11 is 0. The Morgan fingerprint density at radius 3 is 2.03 bits per heavy atom. The molecule has 5 heteroatoms. The summed E-state index contributed by atoms with van der Waals surface area (Å²) in [4.78, 5) is 11.9. The molecule has 0 amide bonds. The molecule has 0 aliphatic rings. The highest BCUT2D eigenvalue weighted by Gasteiger charge is 2.29. The Hall–Kier alpha value is -2.21. The van der Waals surface area contributed by atoms with Gasteiger partial charge >= 0.3 is 5.97 Å². The Morgan fingerprint density at radius 1 is 0.897 bits per heavy atom. The molecule has 0 heterocycles. The zero-order chi connectivity index (χ0) is 20.9. The van der Waals surface area contributed by atoms with E-state index in [4.69, 9.17) is 18.9 Å². The van der Waals surface area contributed by atoms with Crippen molar-refractivity contribution in [2.75, 3.05) is 13.9 Å². The van der Waals surface area contributed by atoms with E-state index < -0.39 is 0 Å². The van der Waals surface area contributed by atoms with Crippen molar-refractivity contribution in [3.05, 3.63) is 71.8 Å². The second-order valence-corrected chi connectivity index (χ2v) is 7.01. The molecule has 0 N–H and O–H groups in total. The third-order valence-electron chi connectivity index (χ3n) is 4.98. The fraction of sp³-hybridized carbons (Fsp3) is 0.458. The molecule has 0 aliphatic carbocycles. The van der Waals surface area contributed by atoms with Gasteiger partial charge in [0.05, 0.1) is 39.0 Å². The molecule has 0 unspecified atom stereocenters. The number of ether oxygens (including phenoxy) is 4. The summed E-state index contributed by atoms with van der Waals surface area (Å²) in [5, 5.41) is 0. The first-order valence-electron chi connectivity index (χ1n) is 10.1. The monoisotopic (exact) mass is 400 g/mol. The van der Waals surface area contributed by atoms with Crippen LogP contribution in [-0.2, 0) is 37.0 Å². The first-order valence-corrected chi connectivity index (χ1v) is 10.1. The number of benzene rings is 2. The van der Waals surface area contributed by atoms with Gasteiger partial charge in [-0.15, -0.1) is 0 Å². The van der Waals surface area contributed by atoms with Gasteiger partial charge in [-0.25, -0.2) is 0 Å². The quantitative estimate of drug-likeness (QED) is 0.276. The van der Waals surface area contributed by atoms with Gasteiger partial charge in [-0.2, -0.15) is 0 Å². The highest BCUT2D eigenvalue weighted by Crippen LogP contribution is 2.24. The molecular weight excluding hydrogens is 368 g/mol. The molecule has 5 nitrogen and oxygen atoms in total. The lowest BCUT2D eigenvalue weighted by Crippen LogP contribution is -2.35. The van der Waals surface area contributed by atoms with Crippen LogP contribution in [0.1, 0.15) is 37.8 Å². The van der Waals surface area contributed by atoms with E-state index in [0.29, 0.717) is 13.2 Å². The second-order valence-electron chi connectivity index (χ2n) is 7.01. The van der Waals surface area contributed by atoms with Crippen molar-refractivity contribution < 1.29 is 23.7 Å². The molecule has 2 aromatic rings. The maximum Gasteiger partial charge on any atom is 0.308 e. The van der Waals surface area contributed by atoms with Gasteiger partial charge in [0.1, 0.15) is 6.79 Å². The lowest BCUT2D eigenvalue weighted by atomic mass is 9.91. The maximum atomic E-state index is 11.9. The van der Waals surface area contributed by atoms with Crippen LogP contribution in [0.3, 0.4) is 0 Å². The summed E-state index contributed by atoms with van der Waals surface area (Å²) < 4.78 is 22.6. The number of rotatable bonds is 13. The van der Waals surface area contributed by atoms with E-state index in [2.05, 4.69) is 6.92 Å². The highest BCUT2D eigenvalue weighted by atomic mass is 16.7. The Kier molecular flexibility index (Phi) is 10.4. The largest absolute Gasteiger partial charge is 0.469 e. The second kappa shape index (κ2) is 13.1. The molecule has 0 aliphatic heterocycles. The van der Waals surface area contributed by atoms with Crippen molar-refractivity contribution in [3.63, 3.8) is 0 Å². The summed E-state index contributed by atoms with van der Waals surface area (Å²) in [6, 6.07) is 19.9. The summed E-state index contributed by atoms with van der Waals surface area (Å²) in [6.45, 7) is 5.20. The topological polar surface area (TPSA) is 54.0 Å². The molecule has 0 aromatic heterocycles. The van der Waals surface area contributed by atoms with Crippen LogP contribution in [0, 0.1) is 5.92 Å². The van der Waals surface area contributed by atoms with Gasteiger partial charge in [0, 0.05) is 5.92 Å². The third kappa shape index (κ3) is 8.36. The molecule has 3 atom stereocenters. The maximum absolute atomic E-state index is 11.9. The lowest BCUT2D eigenvalue weighted by molar-refractivity contribution is -0.152. The van der Waals surface area contributed by atoms with Gasteiger partial charge in [-0.3, -0.25) is 4.79 Å². The normalized spacial score (nSPS) is 14.2. The number of methoxy groups -OCH3 is 1. The fourth-order valence-electron chi connectivity index (χ4n) is 3.27. The average molecular weight is 401 g/mol. The van der Waals surface area contributed by atoms with Gasteiger partial charge in [0.2, 0.25) is 0 Å². The van der Waals surface area contributed by atoms with Crippen LogP contribution in [0.2, 0.25) is 0 Å². The van der Waals surface area contributed by atoms with Crippen molar-refractivity contribution in [1.82, 2.24) is 0 Å². The smallest absolute Gasteiger partial charge is 0.308 e. The van der Waals surface area contributed by atoms with E-state index in [-0.39, 0.29) is 37.3 Å². The minimum absolute atomic E-state index is 0.0399. The van der Waals surface area contributed by atoms with E-state index >= 15 is 0 Å². The van der Waals surface area contributed by atoms with E-state index in [0.717, 1.165) is 17.5 Å². The van der Waals surface area contributed by atoms with Crippen molar-refractivity contribution in [2.24, 2.45) is 5.92 Å². The van der Waals surface area contributed by atoms with Gasteiger partial charge in [-0.05, 0) is 24.5 Å². The Morgan fingerprint density at radius 2 is 1.48 bits per heavy atom. The van der Waals surface area contributed by atoms with Gasteiger partial charge in [0.25, 0.3) is 0 Å². The van der Waals surface area contributed by atoms with E-state index in [1.54, 1.807) is 0 Å². The van der Waals surface area contributed by atoms with Crippen LogP contribution >= 0.6 is 0 Å². The van der Waals surface area contributed by atoms with Crippen molar-refractivity contribution in [2.45, 2.75) is 52.1 Å². The van der Waals surface area contributed by atoms with Crippen molar-refractivity contribution in [1.29, 1.82) is 0 Å². The van der Waals surface area contributed by atoms with Crippen molar-refractivity contribution >= 4 is 5.97 Å². The van der Waals surface area contributed by atoms with Crippen molar-refractivity contribution in [3.8, 4) is 0 Å². The van der Waals surface area contributed by atoms with E-state index in [1.807, 2.05) is 67.6 Å². The van der Waals surface area contributed by atoms with Crippen LogP contribution in [0.4, 0.5) is 0 Å². The molecule has 158 valence electrons. The number of carbonyl (C=O) groups is 1. The zero-order valence-electron chi connectivity index (χ0n) is 17.6. The molecule has 0 saturated heterocycles. The van der Waals surface area contributed by atoms with Crippen LogP contribution in [0.5, 0.6) is 0 Å². The summed E-state index contributed by atoms with van der Waals surface area (Å²) in [6.07, 6.45) is 0.592. The number of esters is 1. The predicted octanol–water partition coefficient (Wildman–Crippen LogP) is 4.74. The molecule has 0 fully saturated rings. The molecule has 2 rings (SSSR count). The molecule has 0 saturated carbocycles. The Balaban J connectivity index is 1.89. The van der Waals surface area contributed by atoms with Crippen LogP contribution in [0.25, 0.3) is 0 Å². The minimum atomic E-state index is -0.295. The SMILES string of the molecule is CC[C@@H]([C@H](CC(=O)OC)OCc1ccccc1)[C@@H](C)OCOCc1ccccc1. The third-order valence-corrected chi connectivity index (χ3v) is 4.98. The van der Waals surface area contributed by atoms with Gasteiger partial charge in [0.15, 0.2) is 0 Å². The highest BCUT2D eigenvalue weighted by molar-refractivity contribution is 5.69. The summed E-state index contributed by atoms with van der Waals surface area (Å²) in [5.74, 6) is -0.243. The first kappa shape index (κ1) is 23.1. The predicted molar refractivity (Wildman–Crippen MR) is 112 cm³/mol. The van der Waals surface area contributed by atoms with E-state index in [1.165, 1.54) is 7.11 Å². The lowest BCUT2D eigenvalue weighted by Gasteiger charge is -2.30. The minimum Gasteiger partial charge on any atom is -0.469 e. The molecule has 0 radical (unpaired) electrons. The summed E-state index contributed by atoms with van der Waals surface area (Å²) in [5.41, 5.74) is 2.17. The number of carbonyl (C=O) groups excluding carboxylic acids is 1. The number of hydrogen-bond donors (Lipinski definition) is 0. The Labute approximate surface area is 173 Å². The molecule has 2 aromatic carbocycles. The molecule has 29 heavy (non-hydrogen) atoms. The summed E-state index contributed by atoms with van der Waals surface area (Å²) in [7, 11) is 1.40. The van der Waals surface area contributed by atoms with Gasteiger partial charge < -0.3 is 18.9 Å². The van der Waals surface area contributed by atoms with Crippen LogP contribution in [0.15, 0.2) is 60.7 Å².